The smallest absolute Gasteiger partial charge is 0.300 e. The van der Waals surface area contributed by atoms with Crippen molar-refractivity contribution in [2.24, 2.45) is 0 Å². The molecule has 2 heterocycles. The number of aromatic nitrogens is 2. The second-order valence-electron chi connectivity index (χ2n) is 10.6. The first-order valence-electron chi connectivity index (χ1n) is 11.7. The van der Waals surface area contributed by atoms with Gasteiger partial charge in [0.1, 0.15) is 5.60 Å². The van der Waals surface area contributed by atoms with Gasteiger partial charge in [0.15, 0.2) is 5.82 Å². The molecular weight excluding hydrogens is 450 g/mol. The van der Waals surface area contributed by atoms with Crippen molar-refractivity contribution in [3.05, 3.63) is 58.3 Å². The van der Waals surface area contributed by atoms with E-state index in [-0.39, 0.29) is 17.5 Å². The number of amides is 1. The van der Waals surface area contributed by atoms with Crippen molar-refractivity contribution in [2.45, 2.75) is 71.4 Å². The summed E-state index contributed by atoms with van der Waals surface area (Å²) in [6.07, 6.45) is 0. The molecule has 1 amide bonds. The Morgan fingerprint density at radius 2 is 1.77 bits per heavy atom. The van der Waals surface area contributed by atoms with Crippen molar-refractivity contribution in [1.82, 2.24) is 10.2 Å². The van der Waals surface area contributed by atoms with Crippen LogP contribution < -0.4 is 10.2 Å². The average Bonchev–Trinajstić information content (AvgIpc) is 2.94. The third kappa shape index (κ3) is 3.75. The molecule has 8 heteroatoms. The summed E-state index contributed by atoms with van der Waals surface area (Å²) in [4.78, 5) is 14.5. The zero-order chi connectivity index (χ0) is 26.1. The highest BCUT2D eigenvalue weighted by Crippen LogP contribution is 2.45. The minimum absolute atomic E-state index is 0.0180. The molecule has 0 radical (unpaired) electrons. The summed E-state index contributed by atoms with van der Waals surface area (Å²) in [5, 5.41) is 23.8. The Bertz CT molecular complexity index is 1350. The number of likely N-dealkylation sites (N-methyl/N-ethyl adjacent to an activating group) is 1. The van der Waals surface area contributed by atoms with E-state index in [2.05, 4.69) is 15.5 Å². The third-order valence-corrected chi connectivity index (χ3v) is 7.26. The van der Waals surface area contributed by atoms with Gasteiger partial charge in [-0.15, -0.1) is 5.10 Å². The van der Waals surface area contributed by atoms with Crippen molar-refractivity contribution >= 4 is 28.2 Å². The summed E-state index contributed by atoms with van der Waals surface area (Å²) in [5.74, 6) is -2.90. The van der Waals surface area contributed by atoms with Gasteiger partial charge in [-0.05, 0) is 77.3 Å². The second kappa shape index (κ2) is 7.95. The van der Waals surface area contributed by atoms with Gasteiger partial charge in [0.2, 0.25) is 5.91 Å². The number of rotatable bonds is 5. The Morgan fingerprint density at radius 3 is 2.40 bits per heavy atom. The SMILES string of the molecule is Cc1c([C@@H](C)Nc2nnc(C)c3cc4c(cc23)N(C)C(=O)C4(C)C)cccc1C(F)(F)C(C)(C)O. The van der Waals surface area contributed by atoms with E-state index in [0.29, 0.717) is 16.9 Å². The summed E-state index contributed by atoms with van der Waals surface area (Å²) in [6, 6.07) is 8.28. The molecule has 1 aromatic heterocycles. The number of carbonyl (C=O) groups excluding carboxylic acids is 1. The van der Waals surface area contributed by atoms with Gasteiger partial charge >= 0.3 is 5.92 Å². The number of halogens is 2. The number of fused-ring (bicyclic) bond motifs is 2. The Hall–Kier alpha value is -3.13. The van der Waals surface area contributed by atoms with Gasteiger partial charge in [0.05, 0.1) is 17.2 Å². The molecule has 186 valence electrons. The fraction of sp³-hybridized carbons (Fsp3) is 0.444. The van der Waals surface area contributed by atoms with E-state index >= 15 is 0 Å². The monoisotopic (exact) mass is 482 g/mol. The number of alkyl halides is 2. The predicted molar refractivity (Wildman–Crippen MR) is 134 cm³/mol. The predicted octanol–water partition coefficient (Wildman–Crippen LogP) is 5.54. The molecule has 0 spiro atoms. The maximum Gasteiger partial charge on any atom is 0.300 e. The number of hydrogen-bond donors (Lipinski definition) is 2. The molecule has 0 bridgehead atoms. The van der Waals surface area contributed by atoms with E-state index in [0.717, 1.165) is 41.6 Å². The summed E-state index contributed by atoms with van der Waals surface area (Å²) < 4.78 is 30.0. The highest BCUT2D eigenvalue weighted by atomic mass is 19.3. The summed E-state index contributed by atoms with van der Waals surface area (Å²) >= 11 is 0. The zero-order valence-electron chi connectivity index (χ0n) is 21.4. The Kier molecular flexibility index (Phi) is 5.67. The number of aryl methyl sites for hydroxylation is 1. The largest absolute Gasteiger partial charge is 0.384 e. The lowest BCUT2D eigenvalue weighted by Crippen LogP contribution is -2.40. The molecule has 4 rings (SSSR count). The van der Waals surface area contributed by atoms with Crippen molar-refractivity contribution in [2.75, 3.05) is 17.3 Å². The van der Waals surface area contributed by atoms with Crippen LogP contribution in [0.2, 0.25) is 0 Å². The molecule has 6 nitrogen and oxygen atoms in total. The molecule has 1 aliphatic rings. The minimum atomic E-state index is -3.42. The van der Waals surface area contributed by atoms with Crippen LogP contribution in [0.4, 0.5) is 20.3 Å². The van der Waals surface area contributed by atoms with Crippen molar-refractivity contribution in [3.63, 3.8) is 0 Å². The third-order valence-electron chi connectivity index (χ3n) is 7.26. The lowest BCUT2D eigenvalue weighted by molar-refractivity contribution is -0.168. The highest BCUT2D eigenvalue weighted by molar-refractivity contribution is 6.10. The molecule has 2 N–H and O–H groups in total. The number of benzene rings is 2. The molecule has 1 atom stereocenters. The molecule has 0 aliphatic carbocycles. The average molecular weight is 483 g/mol. The van der Waals surface area contributed by atoms with Gasteiger partial charge in [-0.3, -0.25) is 4.79 Å². The topological polar surface area (TPSA) is 78.4 Å². The zero-order valence-corrected chi connectivity index (χ0v) is 21.4. The van der Waals surface area contributed by atoms with Crippen molar-refractivity contribution in [1.29, 1.82) is 0 Å². The van der Waals surface area contributed by atoms with Crippen molar-refractivity contribution < 1.29 is 18.7 Å². The normalized spacial score (nSPS) is 16.5. The van der Waals surface area contributed by atoms with Crippen molar-refractivity contribution in [3.8, 4) is 0 Å². The van der Waals surface area contributed by atoms with E-state index in [1.165, 1.54) is 6.07 Å². The molecule has 0 saturated carbocycles. The number of nitrogens with one attached hydrogen (secondary N) is 1. The van der Waals surface area contributed by atoms with Gasteiger partial charge in [0, 0.05) is 29.1 Å². The maximum atomic E-state index is 15.0. The first-order valence-corrected chi connectivity index (χ1v) is 11.7. The quantitative estimate of drug-likeness (QED) is 0.500. The number of aliphatic hydroxyl groups is 1. The van der Waals surface area contributed by atoms with E-state index in [1.54, 1.807) is 31.0 Å². The summed E-state index contributed by atoms with van der Waals surface area (Å²) in [5.41, 5.74) is 0.497. The van der Waals surface area contributed by atoms with E-state index < -0.39 is 16.9 Å². The standard InChI is InChI=1S/C27H32F2N4O2/c1-14-17(10-9-11-20(14)27(28,29)26(6,7)35)15(2)30-23-19-13-22-21(12-18(19)16(3)31-32-23)25(4,5)24(34)33(22)8/h9-13,15,35H,1-8H3,(H,30,32)/t15-/m1/s1. The van der Waals surface area contributed by atoms with Crippen LogP contribution in [0.3, 0.4) is 0 Å². The van der Waals surface area contributed by atoms with Crippen LogP contribution in [0, 0.1) is 13.8 Å². The van der Waals surface area contributed by atoms with Crippen LogP contribution in [0.1, 0.15) is 68.6 Å². The maximum absolute atomic E-state index is 15.0. The van der Waals surface area contributed by atoms with Gasteiger partial charge < -0.3 is 15.3 Å². The van der Waals surface area contributed by atoms with E-state index in [4.69, 9.17) is 0 Å². The number of nitrogens with zero attached hydrogens (tertiary/aromatic N) is 3. The first-order chi connectivity index (χ1) is 16.1. The molecule has 0 unspecified atom stereocenters. The van der Waals surface area contributed by atoms with Crippen LogP contribution in [0.5, 0.6) is 0 Å². The van der Waals surface area contributed by atoms with Gasteiger partial charge in [0.25, 0.3) is 0 Å². The lowest BCUT2D eigenvalue weighted by Gasteiger charge is -2.31. The number of hydrogen-bond acceptors (Lipinski definition) is 5. The minimum Gasteiger partial charge on any atom is -0.384 e. The van der Waals surface area contributed by atoms with Gasteiger partial charge in [-0.2, -0.15) is 13.9 Å². The summed E-state index contributed by atoms with van der Waals surface area (Å²) in [6.45, 7) is 11.4. The number of carbonyl (C=O) groups is 1. The Morgan fingerprint density at radius 1 is 1.11 bits per heavy atom. The molecule has 1 aliphatic heterocycles. The van der Waals surface area contributed by atoms with Crippen LogP contribution in [0.25, 0.3) is 10.8 Å². The molecule has 0 saturated heterocycles. The molecule has 35 heavy (non-hydrogen) atoms. The van der Waals surface area contributed by atoms with Gasteiger partial charge in [-0.25, -0.2) is 0 Å². The Labute approximate surface area is 204 Å². The fourth-order valence-corrected chi connectivity index (χ4v) is 4.92. The van der Waals surface area contributed by atoms with Crippen LogP contribution in [0.15, 0.2) is 30.3 Å². The first kappa shape index (κ1) is 25.0. The molecule has 3 aromatic rings. The van der Waals surface area contributed by atoms with Gasteiger partial charge in [-0.1, -0.05) is 18.2 Å². The Balaban J connectivity index is 1.79. The number of anilines is 2. The lowest BCUT2D eigenvalue weighted by atomic mass is 9.85. The molecule has 0 fully saturated rings. The fourth-order valence-electron chi connectivity index (χ4n) is 4.92. The van der Waals surface area contributed by atoms with E-state index in [1.807, 2.05) is 39.8 Å². The van der Waals surface area contributed by atoms with Crippen LogP contribution >= 0.6 is 0 Å². The molecular formula is C27H32F2N4O2. The summed E-state index contributed by atoms with van der Waals surface area (Å²) in [7, 11) is 1.76. The highest BCUT2D eigenvalue weighted by Gasteiger charge is 2.48. The van der Waals surface area contributed by atoms with Crippen LogP contribution in [-0.2, 0) is 16.1 Å². The molecule has 2 aromatic carbocycles. The van der Waals surface area contributed by atoms with Crippen LogP contribution in [-0.4, -0.2) is 33.9 Å². The van der Waals surface area contributed by atoms with E-state index in [9.17, 15) is 18.7 Å². The second-order valence-corrected chi connectivity index (χ2v) is 10.6.